The lowest BCUT2D eigenvalue weighted by molar-refractivity contribution is 0.224. The van der Waals surface area contributed by atoms with Crippen LogP contribution in [0, 0.1) is 13.8 Å². The monoisotopic (exact) mass is 398 g/mol. The Bertz CT molecular complexity index is 761. The molecule has 6 nitrogen and oxygen atoms in total. The molecular weight excluding hydrogens is 360 g/mol. The maximum absolute atomic E-state index is 4.92. The van der Waals surface area contributed by atoms with Crippen LogP contribution in [0.2, 0.25) is 0 Å². The van der Waals surface area contributed by atoms with Crippen LogP contribution in [0.3, 0.4) is 0 Å². The quantitative estimate of drug-likeness (QED) is 0.477. The molecule has 1 unspecified atom stereocenters. The van der Waals surface area contributed by atoms with Gasteiger partial charge in [-0.25, -0.2) is 0 Å². The van der Waals surface area contributed by atoms with Crippen LogP contribution in [0.5, 0.6) is 0 Å². The zero-order valence-corrected chi connectivity index (χ0v) is 19.0. The summed E-state index contributed by atoms with van der Waals surface area (Å²) >= 11 is 0. The van der Waals surface area contributed by atoms with Crippen LogP contribution in [-0.2, 0) is 13.5 Å². The number of hydrogen-bond donors (Lipinski definition) is 2. The first-order chi connectivity index (χ1) is 14.0. The molecule has 1 aromatic heterocycles. The SMILES string of the molecule is CCNC(=NCC(c1ccccc1)N(CC)CC)NCCc1c(C)nn(C)c1C. The molecular formula is C23H38N6. The van der Waals surface area contributed by atoms with E-state index in [0.29, 0.717) is 0 Å². The molecule has 0 aliphatic heterocycles. The summed E-state index contributed by atoms with van der Waals surface area (Å²) in [5.74, 6) is 0.875. The minimum Gasteiger partial charge on any atom is -0.357 e. The standard InChI is InChI=1S/C23H38N6/c1-7-24-23(25-16-15-21-18(4)27-28(6)19(21)5)26-17-22(29(8-2)9-3)20-13-11-10-12-14-20/h10-14,22H,7-9,15-17H2,1-6H3,(H2,24,25,26). The number of likely N-dealkylation sites (N-methyl/N-ethyl adjacent to an activating group) is 1. The van der Waals surface area contributed by atoms with Crippen molar-refractivity contribution in [1.82, 2.24) is 25.3 Å². The first kappa shape index (κ1) is 22.9. The van der Waals surface area contributed by atoms with Gasteiger partial charge in [0.25, 0.3) is 0 Å². The first-order valence-corrected chi connectivity index (χ1v) is 10.8. The van der Waals surface area contributed by atoms with Gasteiger partial charge in [0.15, 0.2) is 5.96 Å². The smallest absolute Gasteiger partial charge is 0.191 e. The molecule has 1 aromatic carbocycles. The summed E-state index contributed by atoms with van der Waals surface area (Å²) in [7, 11) is 2.00. The van der Waals surface area contributed by atoms with Crippen LogP contribution in [0.4, 0.5) is 0 Å². The van der Waals surface area contributed by atoms with Gasteiger partial charge in [-0.15, -0.1) is 0 Å². The van der Waals surface area contributed by atoms with E-state index in [1.165, 1.54) is 16.8 Å². The number of nitrogens with one attached hydrogen (secondary N) is 2. The fraction of sp³-hybridized carbons (Fsp3) is 0.565. The number of aliphatic imine (C=N–C) groups is 1. The molecule has 0 aliphatic rings. The van der Waals surface area contributed by atoms with Crippen molar-refractivity contribution in [3.05, 3.63) is 52.8 Å². The summed E-state index contributed by atoms with van der Waals surface area (Å²) in [5.41, 5.74) is 4.98. The highest BCUT2D eigenvalue weighted by atomic mass is 15.3. The Labute approximate surface area is 176 Å². The van der Waals surface area contributed by atoms with Gasteiger partial charge in [-0.05, 0) is 51.4 Å². The third-order valence-electron chi connectivity index (χ3n) is 5.53. The summed E-state index contributed by atoms with van der Waals surface area (Å²) in [4.78, 5) is 7.38. The Balaban J connectivity index is 2.07. The zero-order chi connectivity index (χ0) is 21.2. The molecule has 6 heteroatoms. The second-order valence-electron chi connectivity index (χ2n) is 7.32. The molecule has 29 heavy (non-hydrogen) atoms. The molecule has 160 valence electrons. The average molecular weight is 399 g/mol. The zero-order valence-electron chi connectivity index (χ0n) is 19.0. The van der Waals surface area contributed by atoms with Gasteiger partial charge in [0.05, 0.1) is 18.3 Å². The van der Waals surface area contributed by atoms with E-state index >= 15 is 0 Å². The van der Waals surface area contributed by atoms with Crippen LogP contribution in [-0.4, -0.2) is 53.4 Å². The topological polar surface area (TPSA) is 57.5 Å². The molecule has 0 radical (unpaired) electrons. The van der Waals surface area contributed by atoms with Gasteiger partial charge >= 0.3 is 0 Å². The molecule has 0 fully saturated rings. The highest BCUT2D eigenvalue weighted by Gasteiger charge is 2.17. The Morgan fingerprint density at radius 1 is 1.10 bits per heavy atom. The van der Waals surface area contributed by atoms with Crippen LogP contribution in [0.15, 0.2) is 35.3 Å². The number of aryl methyl sites for hydroxylation is 2. The van der Waals surface area contributed by atoms with Gasteiger partial charge in [-0.1, -0.05) is 44.2 Å². The second-order valence-corrected chi connectivity index (χ2v) is 7.32. The highest BCUT2D eigenvalue weighted by molar-refractivity contribution is 5.79. The van der Waals surface area contributed by atoms with Crippen LogP contribution >= 0.6 is 0 Å². The van der Waals surface area contributed by atoms with Crippen molar-refractivity contribution >= 4 is 5.96 Å². The van der Waals surface area contributed by atoms with E-state index in [0.717, 1.165) is 50.8 Å². The van der Waals surface area contributed by atoms with Gasteiger partial charge in [0, 0.05) is 25.8 Å². The number of nitrogens with zero attached hydrogens (tertiary/aromatic N) is 4. The van der Waals surface area contributed by atoms with Gasteiger partial charge < -0.3 is 10.6 Å². The van der Waals surface area contributed by atoms with Crippen molar-refractivity contribution in [2.24, 2.45) is 12.0 Å². The summed E-state index contributed by atoms with van der Waals surface area (Å²) in [6.45, 7) is 15.2. The normalized spacial score (nSPS) is 13.0. The van der Waals surface area contributed by atoms with Gasteiger partial charge in [0.1, 0.15) is 0 Å². The number of aromatic nitrogens is 2. The van der Waals surface area contributed by atoms with Crippen LogP contribution in [0.25, 0.3) is 0 Å². The Hall–Kier alpha value is -2.34. The van der Waals surface area contributed by atoms with E-state index in [-0.39, 0.29) is 6.04 Å². The number of rotatable bonds is 10. The van der Waals surface area contributed by atoms with E-state index in [9.17, 15) is 0 Å². The Kier molecular flexibility index (Phi) is 9.19. The molecule has 1 atom stereocenters. The third-order valence-corrected chi connectivity index (χ3v) is 5.53. The van der Waals surface area contributed by atoms with E-state index in [1.807, 2.05) is 11.7 Å². The Morgan fingerprint density at radius 2 is 1.79 bits per heavy atom. The lowest BCUT2D eigenvalue weighted by Crippen LogP contribution is -2.39. The molecule has 0 bridgehead atoms. The van der Waals surface area contributed by atoms with Crippen molar-refractivity contribution < 1.29 is 0 Å². The van der Waals surface area contributed by atoms with Crippen molar-refractivity contribution in [2.75, 3.05) is 32.7 Å². The Morgan fingerprint density at radius 3 is 2.34 bits per heavy atom. The summed E-state index contributed by atoms with van der Waals surface area (Å²) in [6, 6.07) is 11.0. The lowest BCUT2D eigenvalue weighted by Gasteiger charge is -2.29. The molecule has 0 saturated heterocycles. The third kappa shape index (κ3) is 6.32. The molecule has 0 saturated carbocycles. The van der Waals surface area contributed by atoms with Gasteiger partial charge in [0.2, 0.25) is 0 Å². The van der Waals surface area contributed by atoms with Crippen LogP contribution in [0.1, 0.15) is 49.3 Å². The predicted octanol–water partition coefficient (Wildman–Crippen LogP) is 3.22. The molecule has 2 rings (SSSR count). The van der Waals surface area contributed by atoms with E-state index < -0.39 is 0 Å². The average Bonchev–Trinajstić information content (AvgIpc) is 2.97. The van der Waals surface area contributed by atoms with Crippen molar-refractivity contribution in [3.63, 3.8) is 0 Å². The van der Waals surface area contributed by atoms with Crippen LogP contribution < -0.4 is 10.6 Å². The molecule has 2 aromatic rings. The lowest BCUT2D eigenvalue weighted by atomic mass is 10.1. The maximum Gasteiger partial charge on any atom is 0.191 e. The van der Waals surface area contributed by atoms with Gasteiger partial charge in [-0.2, -0.15) is 5.10 Å². The molecule has 2 N–H and O–H groups in total. The molecule has 0 spiro atoms. The minimum absolute atomic E-state index is 0.282. The number of benzene rings is 1. The second kappa shape index (κ2) is 11.6. The molecule has 0 amide bonds. The summed E-state index contributed by atoms with van der Waals surface area (Å²) < 4.78 is 1.96. The first-order valence-electron chi connectivity index (χ1n) is 10.8. The minimum atomic E-state index is 0.282. The van der Waals surface area contributed by atoms with Crippen molar-refractivity contribution in [1.29, 1.82) is 0 Å². The highest BCUT2D eigenvalue weighted by Crippen LogP contribution is 2.20. The summed E-state index contributed by atoms with van der Waals surface area (Å²) in [5, 5.41) is 11.4. The predicted molar refractivity (Wildman–Crippen MR) is 122 cm³/mol. The number of hydrogen-bond acceptors (Lipinski definition) is 3. The molecule has 0 aliphatic carbocycles. The van der Waals surface area contributed by atoms with E-state index in [2.05, 4.69) is 85.6 Å². The van der Waals surface area contributed by atoms with E-state index in [4.69, 9.17) is 4.99 Å². The fourth-order valence-corrected chi connectivity index (χ4v) is 3.78. The van der Waals surface area contributed by atoms with E-state index in [1.54, 1.807) is 0 Å². The molecule has 1 heterocycles. The van der Waals surface area contributed by atoms with Crippen molar-refractivity contribution in [3.8, 4) is 0 Å². The number of guanidine groups is 1. The maximum atomic E-state index is 4.92. The van der Waals surface area contributed by atoms with Crippen molar-refractivity contribution in [2.45, 2.75) is 47.1 Å². The largest absolute Gasteiger partial charge is 0.357 e. The van der Waals surface area contributed by atoms with Gasteiger partial charge in [-0.3, -0.25) is 14.6 Å². The fourth-order valence-electron chi connectivity index (χ4n) is 3.78. The summed E-state index contributed by atoms with van der Waals surface area (Å²) in [6.07, 6.45) is 0.939.